The van der Waals surface area contributed by atoms with E-state index in [0.717, 1.165) is 37.5 Å². The third-order valence-electron chi connectivity index (χ3n) is 5.54. The third-order valence-corrected chi connectivity index (χ3v) is 5.54. The number of ketones is 1. The number of anilines is 1. The molecule has 29 heavy (non-hydrogen) atoms. The summed E-state index contributed by atoms with van der Waals surface area (Å²) in [5.74, 6) is 1.79. The molecule has 2 heterocycles. The number of aromatic hydroxyl groups is 1. The summed E-state index contributed by atoms with van der Waals surface area (Å²) < 4.78 is 11.1. The molecule has 0 amide bonds. The molecule has 2 aliphatic heterocycles. The van der Waals surface area contributed by atoms with E-state index in [1.165, 1.54) is 5.69 Å². The molecule has 6 nitrogen and oxygen atoms in total. The lowest BCUT2D eigenvalue weighted by Crippen LogP contribution is -2.46. The number of carbonyl (C=O) groups excluding carboxylic acids is 1. The Balaban J connectivity index is 1.47. The molecule has 4 rings (SSSR count). The molecule has 1 fully saturated rings. The average molecular weight is 394 g/mol. The zero-order valence-corrected chi connectivity index (χ0v) is 17.1. The second-order valence-corrected chi connectivity index (χ2v) is 7.66. The van der Waals surface area contributed by atoms with Crippen LogP contribution in [0.1, 0.15) is 29.8 Å². The van der Waals surface area contributed by atoms with Crippen molar-refractivity contribution in [2.75, 3.05) is 38.2 Å². The van der Waals surface area contributed by atoms with Gasteiger partial charge in [-0.3, -0.25) is 9.69 Å². The predicted octanol–water partition coefficient (Wildman–Crippen LogP) is 3.59. The average Bonchev–Trinajstić information content (AvgIpc) is 3.08. The second kappa shape index (κ2) is 7.79. The molecule has 0 radical (unpaired) electrons. The van der Waals surface area contributed by atoms with Gasteiger partial charge in [0.25, 0.3) is 0 Å². The number of hydrogen-bond donors (Lipinski definition) is 1. The summed E-state index contributed by atoms with van der Waals surface area (Å²) in [4.78, 5) is 17.2. The summed E-state index contributed by atoms with van der Waals surface area (Å²) in [6, 6.07) is 11.3. The molecule has 2 aromatic carbocycles. The van der Waals surface area contributed by atoms with E-state index in [-0.39, 0.29) is 11.5 Å². The fourth-order valence-corrected chi connectivity index (χ4v) is 3.85. The van der Waals surface area contributed by atoms with Gasteiger partial charge in [0.15, 0.2) is 5.76 Å². The van der Waals surface area contributed by atoms with Gasteiger partial charge < -0.3 is 19.5 Å². The largest absolute Gasteiger partial charge is 0.507 e. The van der Waals surface area contributed by atoms with Crippen molar-refractivity contribution >= 4 is 11.5 Å². The Hall–Kier alpha value is -2.99. The van der Waals surface area contributed by atoms with Crippen LogP contribution in [0.5, 0.6) is 17.2 Å². The lowest BCUT2D eigenvalue weighted by Gasteiger charge is -2.36. The number of ether oxygens (including phenoxy) is 2. The van der Waals surface area contributed by atoms with E-state index in [2.05, 4.69) is 21.9 Å². The van der Waals surface area contributed by atoms with Crippen molar-refractivity contribution < 1.29 is 19.4 Å². The van der Waals surface area contributed by atoms with Gasteiger partial charge in [0.2, 0.25) is 5.78 Å². The fourth-order valence-electron chi connectivity index (χ4n) is 3.85. The number of rotatable bonds is 4. The molecule has 0 aromatic heterocycles. The van der Waals surface area contributed by atoms with E-state index in [1.54, 1.807) is 19.2 Å². The quantitative estimate of drug-likeness (QED) is 0.800. The third kappa shape index (κ3) is 3.68. The Morgan fingerprint density at radius 2 is 1.76 bits per heavy atom. The van der Waals surface area contributed by atoms with E-state index in [1.807, 2.05) is 26.0 Å². The number of phenolic OH excluding ortho intramolecular Hbond substituents is 1. The monoisotopic (exact) mass is 394 g/mol. The van der Waals surface area contributed by atoms with Gasteiger partial charge in [-0.15, -0.1) is 0 Å². The summed E-state index contributed by atoms with van der Waals surface area (Å²) in [6.45, 7) is 7.77. The van der Waals surface area contributed by atoms with Crippen molar-refractivity contribution in [1.29, 1.82) is 0 Å². The fraction of sp³-hybridized carbons (Fsp3) is 0.348. The van der Waals surface area contributed by atoms with Crippen molar-refractivity contribution in [3.8, 4) is 17.2 Å². The number of methoxy groups -OCH3 is 1. The highest BCUT2D eigenvalue weighted by Crippen LogP contribution is 2.40. The smallest absolute Gasteiger partial charge is 0.231 e. The number of carbonyl (C=O) groups is 1. The highest BCUT2D eigenvalue weighted by Gasteiger charge is 2.32. The summed E-state index contributed by atoms with van der Waals surface area (Å²) in [5, 5.41) is 10.4. The van der Waals surface area contributed by atoms with Crippen LogP contribution in [0, 0.1) is 0 Å². The Morgan fingerprint density at radius 3 is 2.38 bits per heavy atom. The molecule has 6 heteroatoms. The van der Waals surface area contributed by atoms with Gasteiger partial charge in [0, 0.05) is 38.4 Å². The summed E-state index contributed by atoms with van der Waals surface area (Å²) >= 11 is 0. The predicted molar refractivity (Wildman–Crippen MR) is 112 cm³/mol. The first-order valence-corrected chi connectivity index (χ1v) is 9.84. The standard InChI is InChI=1S/C23H26N2O4/c1-15(2)22-21(27)18-8-9-20(26)19(23(18)29-22)14-24-10-12-25(13-11-24)16-4-6-17(28-3)7-5-16/h4-9,26H,10-14H2,1-3H3. The van der Waals surface area contributed by atoms with Gasteiger partial charge in [-0.1, -0.05) is 0 Å². The lowest BCUT2D eigenvalue weighted by molar-refractivity contribution is 0.101. The first-order chi connectivity index (χ1) is 14.0. The Morgan fingerprint density at radius 1 is 1.07 bits per heavy atom. The zero-order valence-electron chi connectivity index (χ0n) is 17.1. The molecular weight excluding hydrogens is 368 g/mol. The molecule has 0 aliphatic carbocycles. The molecular formula is C23H26N2O4. The maximum Gasteiger partial charge on any atom is 0.231 e. The minimum atomic E-state index is -0.106. The van der Waals surface area contributed by atoms with Crippen molar-refractivity contribution in [2.45, 2.75) is 20.4 Å². The van der Waals surface area contributed by atoms with Crippen LogP contribution < -0.4 is 14.4 Å². The minimum absolute atomic E-state index is 0.106. The van der Waals surface area contributed by atoms with Gasteiger partial charge in [-0.2, -0.15) is 0 Å². The number of hydrogen-bond acceptors (Lipinski definition) is 6. The van der Waals surface area contributed by atoms with Crippen LogP contribution in [0.25, 0.3) is 0 Å². The van der Waals surface area contributed by atoms with Gasteiger partial charge in [0.05, 0.1) is 18.2 Å². The van der Waals surface area contributed by atoms with Crippen molar-refractivity contribution in [1.82, 2.24) is 4.90 Å². The lowest BCUT2D eigenvalue weighted by atomic mass is 10.0. The highest BCUT2D eigenvalue weighted by molar-refractivity contribution is 6.13. The zero-order chi connectivity index (χ0) is 20.5. The molecule has 2 aromatic rings. The van der Waals surface area contributed by atoms with Crippen molar-refractivity contribution in [3.05, 3.63) is 58.9 Å². The van der Waals surface area contributed by atoms with Crippen LogP contribution in [0.3, 0.4) is 0 Å². The van der Waals surface area contributed by atoms with E-state index in [0.29, 0.717) is 29.2 Å². The van der Waals surface area contributed by atoms with Crippen LogP contribution in [0.2, 0.25) is 0 Å². The molecule has 1 saturated heterocycles. The highest BCUT2D eigenvalue weighted by atomic mass is 16.5. The van der Waals surface area contributed by atoms with E-state index >= 15 is 0 Å². The number of benzene rings is 2. The normalized spacial score (nSPS) is 16.6. The molecule has 0 atom stereocenters. The number of Topliss-reactive ketones (excluding diaryl/α,β-unsaturated/α-hetero) is 1. The van der Waals surface area contributed by atoms with Gasteiger partial charge in [-0.05, 0) is 55.8 Å². The number of phenols is 1. The molecule has 2 aliphatic rings. The van der Waals surface area contributed by atoms with Crippen LogP contribution in [-0.2, 0) is 6.54 Å². The molecule has 1 N–H and O–H groups in total. The minimum Gasteiger partial charge on any atom is -0.507 e. The molecule has 0 saturated carbocycles. The molecule has 0 unspecified atom stereocenters. The Labute approximate surface area is 171 Å². The van der Waals surface area contributed by atoms with Gasteiger partial charge >= 0.3 is 0 Å². The summed E-state index contributed by atoms with van der Waals surface area (Å²) in [6.07, 6.45) is 0. The number of allylic oxidation sites excluding steroid dienone is 2. The topological polar surface area (TPSA) is 62.2 Å². The van der Waals surface area contributed by atoms with Crippen molar-refractivity contribution in [2.24, 2.45) is 0 Å². The molecule has 0 spiro atoms. The maximum atomic E-state index is 12.5. The van der Waals surface area contributed by atoms with E-state index in [4.69, 9.17) is 9.47 Å². The van der Waals surface area contributed by atoms with Crippen LogP contribution >= 0.6 is 0 Å². The number of nitrogens with zero attached hydrogens (tertiary/aromatic N) is 2. The number of fused-ring (bicyclic) bond motifs is 1. The maximum absolute atomic E-state index is 12.5. The Kier molecular flexibility index (Phi) is 5.20. The summed E-state index contributed by atoms with van der Waals surface area (Å²) in [7, 11) is 1.67. The SMILES string of the molecule is COc1ccc(N2CCN(Cc3c(O)ccc4c3OC(=C(C)C)C4=O)CC2)cc1. The van der Waals surface area contributed by atoms with E-state index in [9.17, 15) is 9.90 Å². The van der Waals surface area contributed by atoms with Gasteiger partial charge in [-0.25, -0.2) is 0 Å². The van der Waals surface area contributed by atoms with Crippen LogP contribution in [0.4, 0.5) is 5.69 Å². The van der Waals surface area contributed by atoms with Crippen LogP contribution in [-0.4, -0.2) is 49.1 Å². The molecule has 0 bridgehead atoms. The Bertz CT molecular complexity index is 954. The second-order valence-electron chi connectivity index (χ2n) is 7.66. The number of piperazine rings is 1. The first-order valence-electron chi connectivity index (χ1n) is 9.84. The summed E-state index contributed by atoms with van der Waals surface area (Å²) in [5.41, 5.74) is 3.23. The van der Waals surface area contributed by atoms with Gasteiger partial charge in [0.1, 0.15) is 17.2 Å². The first kappa shape index (κ1) is 19.3. The van der Waals surface area contributed by atoms with Crippen LogP contribution in [0.15, 0.2) is 47.7 Å². The van der Waals surface area contributed by atoms with E-state index < -0.39 is 0 Å². The molecule has 152 valence electrons. The van der Waals surface area contributed by atoms with Crippen molar-refractivity contribution in [3.63, 3.8) is 0 Å².